The number of hydrogen-bond acceptors (Lipinski definition) is 5. The van der Waals surface area contributed by atoms with E-state index in [1.165, 1.54) is 0 Å². The fourth-order valence-corrected chi connectivity index (χ4v) is 2.41. The third-order valence-corrected chi connectivity index (χ3v) is 3.51. The van der Waals surface area contributed by atoms with Crippen LogP contribution >= 0.6 is 11.6 Å². The number of nitrogens with zero attached hydrogens (tertiary/aromatic N) is 3. The van der Waals surface area contributed by atoms with Gasteiger partial charge in [-0.05, 0) is 29.8 Å². The number of methoxy groups -OCH3 is 1. The summed E-state index contributed by atoms with van der Waals surface area (Å²) in [5, 5.41) is 3.95. The van der Waals surface area contributed by atoms with E-state index in [1.54, 1.807) is 25.6 Å². The Bertz CT molecular complexity index is 782. The third-order valence-electron chi connectivity index (χ3n) is 3.28. The average molecular weight is 327 g/mol. The average Bonchev–Trinajstić information content (AvgIpc) is 2.60. The lowest BCUT2D eigenvalue weighted by atomic mass is 10.0. The lowest BCUT2D eigenvalue weighted by molar-refractivity contribution is 0.397. The number of ether oxygens (including phenoxy) is 1. The van der Waals surface area contributed by atoms with E-state index in [9.17, 15) is 0 Å². The highest BCUT2D eigenvalue weighted by atomic mass is 35.5. The monoisotopic (exact) mass is 326 g/mol. The lowest BCUT2D eigenvalue weighted by Gasteiger charge is -2.19. The van der Waals surface area contributed by atoms with Gasteiger partial charge in [-0.2, -0.15) is 4.98 Å². The van der Waals surface area contributed by atoms with E-state index in [0.717, 1.165) is 11.3 Å². The van der Waals surface area contributed by atoms with Crippen LogP contribution in [0.2, 0.25) is 5.02 Å². The molecule has 0 bridgehead atoms. The summed E-state index contributed by atoms with van der Waals surface area (Å²) in [6.07, 6.45) is 3.39. The van der Waals surface area contributed by atoms with Gasteiger partial charge in [0.15, 0.2) is 0 Å². The minimum atomic E-state index is -0.220. The van der Waals surface area contributed by atoms with Crippen molar-refractivity contribution < 1.29 is 4.74 Å². The second kappa shape index (κ2) is 7.07. The Hall–Kier alpha value is -2.66. The Morgan fingerprint density at radius 2 is 1.96 bits per heavy atom. The number of nitrogens with one attached hydrogen (secondary N) is 1. The summed E-state index contributed by atoms with van der Waals surface area (Å²) in [4.78, 5) is 13.0. The maximum Gasteiger partial charge on any atom is 0.226 e. The zero-order valence-electron chi connectivity index (χ0n) is 12.5. The van der Waals surface area contributed by atoms with E-state index in [4.69, 9.17) is 16.3 Å². The number of halogens is 1. The van der Waals surface area contributed by atoms with Gasteiger partial charge in [0.25, 0.3) is 0 Å². The first kappa shape index (κ1) is 15.2. The second-order valence-corrected chi connectivity index (χ2v) is 5.25. The minimum Gasteiger partial charge on any atom is -0.481 e. The molecule has 23 heavy (non-hydrogen) atoms. The maximum absolute atomic E-state index is 6.13. The van der Waals surface area contributed by atoms with Crippen molar-refractivity contribution in [3.8, 4) is 5.88 Å². The first-order chi connectivity index (χ1) is 11.3. The molecule has 0 aliphatic heterocycles. The molecule has 3 aromatic rings. The highest BCUT2D eigenvalue weighted by molar-refractivity contribution is 6.30. The maximum atomic E-state index is 6.13. The molecule has 2 aromatic heterocycles. The number of anilines is 1. The number of aromatic nitrogens is 3. The smallest absolute Gasteiger partial charge is 0.226 e. The topological polar surface area (TPSA) is 59.9 Å². The zero-order chi connectivity index (χ0) is 16.1. The SMILES string of the molecule is COc1ccnc(NC(c2cccc(Cl)c2)c2ccccn2)n1. The molecule has 1 atom stereocenters. The van der Waals surface area contributed by atoms with Crippen LogP contribution in [0, 0.1) is 0 Å². The molecule has 0 amide bonds. The van der Waals surface area contributed by atoms with Crippen LogP contribution in [0.3, 0.4) is 0 Å². The molecule has 1 N–H and O–H groups in total. The van der Waals surface area contributed by atoms with E-state index in [-0.39, 0.29) is 6.04 Å². The van der Waals surface area contributed by atoms with Gasteiger partial charge in [-0.1, -0.05) is 29.8 Å². The molecule has 1 aromatic carbocycles. The van der Waals surface area contributed by atoms with Crippen molar-refractivity contribution >= 4 is 17.5 Å². The van der Waals surface area contributed by atoms with Gasteiger partial charge in [0.05, 0.1) is 18.8 Å². The van der Waals surface area contributed by atoms with Crippen molar-refractivity contribution in [1.29, 1.82) is 0 Å². The van der Waals surface area contributed by atoms with Crippen LogP contribution in [0.25, 0.3) is 0 Å². The largest absolute Gasteiger partial charge is 0.481 e. The van der Waals surface area contributed by atoms with Crippen molar-refractivity contribution in [1.82, 2.24) is 15.0 Å². The summed E-state index contributed by atoms with van der Waals surface area (Å²) in [5.74, 6) is 0.952. The predicted octanol–water partition coefficient (Wildman–Crippen LogP) is 3.74. The molecular weight excluding hydrogens is 312 g/mol. The van der Waals surface area contributed by atoms with Gasteiger partial charge >= 0.3 is 0 Å². The van der Waals surface area contributed by atoms with Crippen molar-refractivity contribution in [3.05, 3.63) is 77.2 Å². The molecule has 0 saturated carbocycles. The Kier molecular flexibility index (Phi) is 4.68. The molecule has 3 rings (SSSR count). The van der Waals surface area contributed by atoms with E-state index in [2.05, 4.69) is 20.3 Å². The summed E-state index contributed by atoms with van der Waals surface area (Å²) < 4.78 is 5.14. The molecule has 116 valence electrons. The summed E-state index contributed by atoms with van der Waals surface area (Å²) in [5.41, 5.74) is 1.82. The van der Waals surface area contributed by atoms with Crippen LogP contribution in [0.15, 0.2) is 60.9 Å². The van der Waals surface area contributed by atoms with Gasteiger partial charge in [0.2, 0.25) is 11.8 Å². The Morgan fingerprint density at radius 3 is 2.70 bits per heavy atom. The Balaban J connectivity index is 1.98. The molecule has 1 unspecified atom stereocenters. The number of rotatable bonds is 5. The number of pyridine rings is 1. The highest BCUT2D eigenvalue weighted by Gasteiger charge is 2.17. The molecular formula is C17H15ClN4O. The Labute approximate surface area is 139 Å². The van der Waals surface area contributed by atoms with Crippen LogP contribution in [0.1, 0.15) is 17.3 Å². The van der Waals surface area contributed by atoms with Gasteiger partial charge in [-0.3, -0.25) is 4.98 Å². The second-order valence-electron chi connectivity index (χ2n) is 4.81. The van der Waals surface area contributed by atoms with Gasteiger partial charge in [0.1, 0.15) is 0 Å². The van der Waals surface area contributed by atoms with E-state index in [0.29, 0.717) is 16.9 Å². The predicted molar refractivity (Wildman–Crippen MR) is 89.7 cm³/mol. The van der Waals surface area contributed by atoms with Crippen LogP contribution < -0.4 is 10.1 Å². The third kappa shape index (κ3) is 3.76. The zero-order valence-corrected chi connectivity index (χ0v) is 13.2. The van der Waals surface area contributed by atoms with E-state index >= 15 is 0 Å². The van der Waals surface area contributed by atoms with Gasteiger partial charge in [0, 0.05) is 23.5 Å². The molecule has 0 fully saturated rings. The summed E-state index contributed by atoms with van der Waals surface area (Å²) in [7, 11) is 1.57. The van der Waals surface area contributed by atoms with Crippen molar-refractivity contribution in [3.63, 3.8) is 0 Å². The highest BCUT2D eigenvalue weighted by Crippen LogP contribution is 2.26. The van der Waals surface area contributed by atoms with Crippen molar-refractivity contribution in [2.45, 2.75) is 6.04 Å². The van der Waals surface area contributed by atoms with Gasteiger partial charge < -0.3 is 10.1 Å². The van der Waals surface area contributed by atoms with Crippen LogP contribution in [0.4, 0.5) is 5.95 Å². The molecule has 2 heterocycles. The fraction of sp³-hybridized carbons (Fsp3) is 0.118. The molecule has 0 spiro atoms. The molecule has 0 aliphatic rings. The standard InChI is InChI=1S/C17H15ClN4O/c1-23-15-8-10-20-17(21-15)22-16(14-7-2-3-9-19-14)12-5-4-6-13(18)11-12/h2-11,16H,1H3,(H,20,21,22). The molecule has 0 radical (unpaired) electrons. The lowest BCUT2D eigenvalue weighted by Crippen LogP contribution is -2.15. The summed E-state index contributed by atoms with van der Waals surface area (Å²) >= 11 is 6.13. The minimum absolute atomic E-state index is 0.220. The Morgan fingerprint density at radius 1 is 1.04 bits per heavy atom. The van der Waals surface area contributed by atoms with Gasteiger partial charge in [-0.15, -0.1) is 0 Å². The summed E-state index contributed by atoms with van der Waals surface area (Å²) in [6, 6.07) is 14.9. The normalized spacial score (nSPS) is 11.7. The number of hydrogen-bond donors (Lipinski definition) is 1. The molecule has 5 nitrogen and oxygen atoms in total. The van der Waals surface area contributed by atoms with Crippen LogP contribution in [-0.4, -0.2) is 22.1 Å². The summed E-state index contributed by atoms with van der Waals surface area (Å²) in [6.45, 7) is 0. The molecule has 0 aliphatic carbocycles. The first-order valence-electron chi connectivity index (χ1n) is 7.06. The van der Waals surface area contributed by atoms with Crippen molar-refractivity contribution in [2.75, 3.05) is 12.4 Å². The van der Waals surface area contributed by atoms with E-state index < -0.39 is 0 Å². The van der Waals surface area contributed by atoms with Crippen LogP contribution in [0.5, 0.6) is 5.88 Å². The molecule has 0 saturated heterocycles. The van der Waals surface area contributed by atoms with Crippen LogP contribution in [-0.2, 0) is 0 Å². The molecule has 6 heteroatoms. The van der Waals surface area contributed by atoms with Gasteiger partial charge in [-0.25, -0.2) is 4.98 Å². The quantitative estimate of drug-likeness (QED) is 0.774. The number of benzene rings is 1. The van der Waals surface area contributed by atoms with E-state index in [1.807, 2.05) is 42.5 Å². The fourth-order valence-electron chi connectivity index (χ4n) is 2.22. The first-order valence-corrected chi connectivity index (χ1v) is 7.44. The van der Waals surface area contributed by atoms with Crippen molar-refractivity contribution in [2.24, 2.45) is 0 Å².